The molecule has 0 aliphatic rings. The van der Waals surface area contributed by atoms with Crippen LogP contribution < -0.4 is 0 Å². The van der Waals surface area contributed by atoms with Crippen LogP contribution in [-0.2, 0) is 0 Å². The van der Waals surface area contributed by atoms with E-state index in [0.29, 0.717) is 5.92 Å². The fourth-order valence-corrected chi connectivity index (χ4v) is 2.38. The zero-order valence-electron chi connectivity index (χ0n) is 12.0. The van der Waals surface area contributed by atoms with Crippen molar-refractivity contribution in [3.05, 3.63) is 78.7 Å². The molecule has 0 spiro atoms. The Kier molecular flexibility index (Phi) is 5.11. The maximum Gasteiger partial charge on any atom is 0.170 e. The molecule has 0 aliphatic carbocycles. The van der Waals surface area contributed by atoms with Crippen LogP contribution in [0.15, 0.2) is 60.7 Å². The van der Waals surface area contributed by atoms with Gasteiger partial charge in [-0.15, -0.1) is 0 Å². The first kappa shape index (κ1) is 14.5. The van der Waals surface area contributed by atoms with Crippen LogP contribution in [0.25, 0.3) is 0 Å². The molecule has 2 rings (SSSR count). The standard InChI is InChI=1S/C19H21O/c1-3-15(2)14-18(16-10-6-4-7-11-16)19(20)17-12-8-5-9-13-17/h4-13,15,18H,2-3,14H2,1H3. The average Bonchev–Trinajstić information content (AvgIpc) is 2.53. The second kappa shape index (κ2) is 7.04. The molecule has 103 valence electrons. The van der Waals surface area contributed by atoms with Gasteiger partial charge in [-0.1, -0.05) is 80.9 Å². The van der Waals surface area contributed by atoms with E-state index >= 15 is 0 Å². The molecule has 1 heteroatoms. The molecule has 2 aromatic carbocycles. The van der Waals surface area contributed by atoms with Gasteiger partial charge in [-0.2, -0.15) is 0 Å². The fraction of sp³-hybridized carbons (Fsp3) is 0.263. The molecule has 0 amide bonds. The predicted octanol–water partition coefficient (Wildman–Crippen LogP) is 4.90. The van der Waals surface area contributed by atoms with E-state index in [-0.39, 0.29) is 11.7 Å². The van der Waals surface area contributed by atoms with Gasteiger partial charge in [-0.05, 0) is 17.9 Å². The van der Waals surface area contributed by atoms with Crippen molar-refractivity contribution in [2.45, 2.75) is 25.7 Å². The van der Waals surface area contributed by atoms with E-state index in [0.717, 1.165) is 24.0 Å². The van der Waals surface area contributed by atoms with Gasteiger partial charge < -0.3 is 0 Å². The van der Waals surface area contributed by atoms with Crippen molar-refractivity contribution in [3.63, 3.8) is 0 Å². The summed E-state index contributed by atoms with van der Waals surface area (Å²) >= 11 is 0. The molecule has 1 nitrogen and oxygen atoms in total. The van der Waals surface area contributed by atoms with Gasteiger partial charge >= 0.3 is 0 Å². The summed E-state index contributed by atoms with van der Waals surface area (Å²) in [6.07, 6.45) is 1.79. The van der Waals surface area contributed by atoms with Crippen molar-refractivity contribution < 1.29 is 4.79 Å². The lowest BCUT2D eigenvalue weighted by Gasteiger charge is -2.19. The van der Waals surface area contributed by atoms with Crippen molar-refractivity contribution in [3.8, 4) is 0 Å². The van der Waals surface area contributed by atoms with Gasteiger partial charge in [0, 0.05) is 11.5 Å². The average molecular weight is 265 g/mol. The van der Waals surface area contributed by atoms with Gasteiger partial charge in [0.2, 0.25) is 0 Å². The van der Waals surface area contributed by atoms with Crippen LogP contribution in [0.3, 0.4) is 0 Å². The van der Waals surface area contributed by atoms with Gasteiger partial charge in [0.05, 0.1) is 0 Å². The zero-order valence-corrected chi connectivity index (χ0v) is 12.0. The third kappa shape index (κ3) is 3.57. The summed E-state index contributed by atoms with van der Waals surface area (Å²) < 4.78 is 0. The topological polar surface area (TPSA) is 17.1 Å². The summed E-state index contributed by atoms with van der Waals surface area (Å²) in [5.74, 6) is 0.396. The molecule has 0 saturated heterocycles. The monoisotopic (exact) mass is 265 g/mol. The second-order valence-electron chi connectivity index (χ2n) is 5.20. The molecule has 1 radical (unpaired) electrons. The molecule has 0 saturated carbocycles. The van der Waals surface area contributed by atoms with Crippen LogP contribution in [-0.4, -0.2) is 5.78 Å². The molecule has 0 bridgehead atoms. The summed E-state index contributed by atoms with van der Waals surface area (Å²) in [6, 6.07) is 19.6. The highest BCUT2D eigenvalue weighted by Crippen LogP contribution is 2.28. The molecule has 0 aliphatic heterocycles. The molecule has 0 heterocycles. The van der Waals surface area contributed by atoms with Gasteiger partial charge in [0.1, 0.15) is 0 Å². The first-order valence-electron chi connectivity index (χ1n) is 7.19. The minimum Gasteiger partial charge on any atom is -0.293 e. The maximum absolute atomic E-state index is 12.8. The lowest BCUT2D eigenvalue weighted by Crippen LogP contribution is -2.16. The molecule has 0 aromatic heterocycles. The molecule has 2 atom stereocenters. The van der Waals surface area contributed by atoms with Crippen LogP contribution in [0.2, 0.25) is 0 Å². The van der Waals surface area contributed by atoms with Gasteiger partial charge in [0.15, 0.2) is 5.78 Å². The normalized spacial score (nSPS) is 13.7. The van der Waals surface area contributed by atoms with Crippen LogP contribution in [0, 0.1) is 12.8 Å². The van der Waals surface area contributed by atoms with Crippen molar-refractivity contribution in [1.29, 1.82) is 0 Å². The molecule has 2 unspecified atom stereocenters. The van der Waals surface area contributed by atoms with Crippen molar-refractivity contribution in [2.75, 3.05) is 0 Å². The van der Waals surface area contributed by atoms with Crippen LogP contribution >= 0.6 is 0 Å². The molecule has 20 heavy (non-hydrogen) atoms. The number of rotatable bonds is 6. The Bertz CT molecular complexity index is 530. The molecule has 2 aromatic rings. The first-order chi connectivity index (χ1) is 9.72. The predicted molar refractivity (Wildman–Crippen MR) is 83.7 cm³/mol. The third-order valence-corrected chi connectivity index (χ3v) is 3.72. The van der Waals surface area contributed by atoms with Crippen molar-refractivity contribution in [1.82, 2.24) is 0 Å². The summed E-state index contributed by atoms with van der Waals surface area (Å²) in [7, 11) is 0. The number of hydrogen-bond acceptors (Lipinski definition) is 1. The Morgan fingerprint density at radius 3 is 2.10 bits per heavy atom. The second-order valence-corrected chi connectivity index (χ2v) is 5.20. The maximum atomic E-state index is 12.8. The van der Waals surface area contributed by atoms with Gasteiger partial charge in [-0.25, -0.2) is 0 Å². The minimum absolute atomic E-state index is 0.0963. The Morgan fingerprint density at radius 1 is 1.00 bits per heavy atom. The summed E-state index contributed by atoms with van der Waals surface area (Å²) in [6.45, 7) is 6.26. The van der Waals surface area contributed by atoms with Gasteiger partial charge in [0.25, 0.3) is 0 Å². The van der Waals surface area contributed by atoms with Crippen LogP contribution in [0.1, 0.15) is 41.6 Å². The smallest absolute Gasteiger partial charge is 0.170 e. The van der Waals surface area contributed by atoms with E-state index in [1.54, 1.807) is 0 Å². The van der Waals surface area contributed by atoms with Crippen molar-refractivity contribution in [2.24, 2.45) is 5.92 Å². The highest BCUT2D eigenvalue weighted by Gasteiger charge is 2.23. The lowest BCUT2D eigenvalue weighted by molar-refractivity contribution is 0.0949. The summed E-state index contributed by atoms with van der Waals surface area (Å²) in [5, 5.41) is 0. The first-order valence-corrected chi connectivity index (χ1v) is 7.19. The molecular weight excluding hydrogens is 244 g/mol. The number of carbonyl (C=O) groups excluding carboxylic acids is 1. The van der Waals surface area contributed by atoms with Crippen LogP contribution in [0.5, 0.6) is 0 Å². The van der Waals surface area contributed by atoms with Gasteiger partial charge in [-0.3, -0.25) is 4.79 Å². The fourth-order valence-electron chi connectivity index (χ4n) is 2.38. The molecular formula is C19H21O. The Labute approximate surface area is 121 Å². The largest absolute Gasteiger partial charge is 0.293 e. The minimum atomic E-state index is -0.0963. The molecule has 0 N–H and O–H groups in total. The SMILES string of the molecule is [CH2]C(CC)CC(C(=O)c1ccccc1)c1ccccc1. The molecule has 0 fully saturated rings. The Morgan fingerprint density at radius 2 is 1.55 bits per heavy atom. The number of benzene rings is 2. The van der Waals surface area contributed by atoms with E-state index in [4.69, 9.17) is 0 Å². The Hall–Kier alpha value is -1.89. The third-order valence-electron chi connectivity index (χ3n) is 3.72. The summed E-state index contributed by atoms with van der Waals surface area (Å²) in [5.41, 5.74) is 1.87. The lowest BCUT2D eigenvalue weighted by atomic mass is 9.83. The van der Waals surface area contributed by atoms with Crippen LogP contribution in [0.4, 0.5) is 0 Å². The van der Waals surface area contributed by atoms with E-state index < -0.39 is 0 Å². The number of hydrogen-bond donors (Lipinski definition) is 0. The van der Waals surface area contributed by atoms with E-state index in [9.17, 15) is 4.79 Å². The number of ketones is 1. The van der Waals surface area contributed by atoms with E-state index in [2.05, 4.69) is 13.8 Å². The van der Waals surface area contributed by atoms with E-state index in [1.807, 2.05) is 60.7 Å². The van der Waals surface area contributed by atoms with Crippen molar-refractivity contribution >= 4 is 5.78 Å². The zero-order chi connectivity index (χ0) is 14.4. The number of carbonyl (C=O) groups is 1. The highest BCUT2D eigenvalue weighted by atomic mass is 16.1. The highest BCUT2D eigenvalue weighted by molar-refractivity contribution is 6.00. The number of Topliss-reactive ketones (excluding diaryl/α,β-unsaturated/α-hetero) is 1. The Balaban J connectivity index is 2.29. The quantitative estimate of drug-likeness (QED) is 0.679. The van der Waals surface area contributed by atoms with E-state index in [1.165, 1.54) is 0 Å². The summed E-state index contributed by atoms with van der Waals surface area (Å²) in [4.78, 5) is 12.8.